The van der Waals surface area contributed by atoms with Crippen molar-refractivity contribution in [2.75, 3.05) is 13.7 Å². The van der Waals surface area contributed by atoms with Crippen LogP contribution in [0.3, 0.4) is 0 Å². The van der Waals surface area contributed by atoms with Gasteiger partial charge in [-0.15, -0.1) is 0 Å². The zero-order valence-electron chi connectivity index (χ0n) is 25.7. The number of rotatable bonds is 9. The number of nitrogens with one attached hydrogen (secondary N) is 1. The zero-order chi connectivity index (χ0) is 30.8. The summed E-state index contributed by atoms with van der Waals surface area (Å²) in [6, 6.07) is 20.5. The van der Waals surface area contributed by atoms with Crippen LogP contribution in [0.2, 0.25) is 5.04 Å². The van der Waals surface area contributed by atoms with Crippen molar-refractivity contribution in [3.8, 4) is 0 Å². The SMILES string of the molecule is CO[C@@H]1CCCC[C@H]1OC1C(O)[C@@H](CO[Si](c2ccccc2)(c2ccccc2)C(C)(C)C)O[C@H]1n1cc(C)c(=O)[nH]c1=O. The van der Waals surface area contributed by atoms with Crippen LogP contribution in [-0.2, 0) is 18.6 Å². The van der Waals surface area contributed by atoms with Crippen molar-refractivity contribution in [3.05, 3.63) is 93.3 Å². The van der Waals surface area contributed by atoms with Crippen molar-refractivity contribution >= 4 is 18.7 Å². The summed E-state index contributed by atoms with van der Waals surface area (Å²) in [4.78, 5) is 27.5. The Morgan fingerprint density at radius 3 is 2.12 bits per heavy atom. The van der Waals surface area contributed by atoms with E-state index in [4.69, 9.17) is 18.6 Å². The predicted octanol–water partition coefficient (Wildman–Crippen LogP) is 3.02. The Hall–Kier alpha value is -2.86. The van der Waals surface area contributed by atoms with E-state index in [9.17, 15) is 14.7 Å². The van der Waals surface area contributed by atoms with E-state index >= 15 is 0 Å². The first-order chi connectivity index (χ1) is 20.6. The topological polar surface area (TPSA) is 112 Å². The quantitative estimate of drug-likeness (QED) is 0.359. The number of aromatic nitrogens is 2. The molecule has 1 saturated heterocycles. The lowest BCUT2D eigenvalue weighted by Crippen LogP contribution is -2.67. The van der Waals surface area contributed by atoms with Crippen LogP contribution in [0.1, 0.15) is 58.2 Å². The van der Waals surface area contributed by atoms with Crippen LogP contribution in [0.25, 0.3) is 0 Å². The van der Waals surface area contributed by atoms with Crippen LogP contribution in [0.4, 0.5) is 0 Å². The number of benzene rings is 2. The normalized spacial score (nSPS) is 26.5. The first kappa shape index (κ1) is 31.6. The Morgan fingerprint density at radius 1 is 0.977 bits per heavy atom. The summed E-state index contributed by atoms with van der Waals surface area (Å²) in [6.07, 6.45) is 1.00. The molecule has 0 bridgehead atoms. The molecule has 2 aromatic carbocycles. The second-order valence-corrected chi connectivity index (χ2v) is 17.0. The summed E-state index contributed by atoms with van der Waals surface area (Å²) < 4.78 is 27.1. The Bertz CT molecular complexity index is 1430. The van der Waals surface area contributed by atoms with Crippen molar-refractivity contribution < 1.29 is 23.7 Å². The molecule has 0 radical (unpaired) electrons. The molecule has 2 fully saturated rings. The van der Waals surface area contributed by atoms with E-state index < -0.39 is 44.1 Å². The van der Waals surface area contributed by atoms with Crippen LogP contribution in [0.5, 0.6) is 0 Å². The molecule has 9 nitrogen and oxygen atoms in total. The molecule has 1 aliphatic heterocycles. The van der Waals surface area contributed by atoms with Gasteiger partial charge in [0, 0.05) is 18.9 Å². The van der Waals surface area contributed by atoms with E-state index in [1.54, 1.807) is 14.0 Å². The molecule has 232 valence electrons. The van der Waals surface area contributed by atoms with Gasteiger partial charge >= 0.3 is 5.69 Å². The van der Waals surface area contributed by atoms with Gasteiger partial charge in [0.15, 0.2) is 6.23 Å². The van der Waals surface area contributed by atoms with E-state index in [2.05, 4.69) is 50.0 Å². The van der Waals surface area contributed by atoms with E-state index in [0.717, 1.165) is 36.1 Å². The van der Waals surface area contributed by atoms with Crippen LogP contribution in [0.15, 0.2) is 76.4 Å². The lowest BCUT2D eigenvalue weighted by atomic mass is 9.94. The number of aryl methyl sites for hydroxylation is 1. The predicted molar refractivity (Wildman–Crippen MR) is 167 cm³/mol. The van der Waals surface area contributed by atoms with Gasteiger partial charge in [0.05, 0.1) is 18.8 Å². The first-order valence-electron chi connectivity index (χ1n) is 15.2. The zero-order valence-corrected chi connectivity index (χ0v) is 26.7. The second kappa shape index (κ2) is 13.0. The van der Waals surface area contributed by atoms with Crippen molar-refractivity contribution in [3.63, 3.8) is 0 Å². The van der Waals surface area contributed by atoms with Gasteiger partial charge in [-0.2, -0.15) is 0 Å². The highest BCUT2D eigenvalue weighted by atomic mass is 28.4. The molecule has 1 aromatic heterocycles. The molecular formula is C33H44N2O7Si. The smallest absolute Gasteiger partial charge is 0.330 e. The highest BCUT2D eigenvalue weighted by molar-refractivity contribution is 6.99. The minimum absolute atomic E-state index is 0.0836. The number of H-pyrrole nitrogens is 1. The lowest BCUT2D eigenvalue weighted by Gasteiger charge is -2.43. The Morgan fingerprint density at radius 2 is 1.56 bits per heavy atom. The van der Waals surface area contributed by atoms with Crippen LogP contribution < -0.4 is 21.6 Å². The molecule has 2 heterocycles. The van der Waals surface area contributed by atoms with Crippen molar-refractivity contribution in [1.82, 2.24) is 9.55 Å². The summed E-state index contributed by atoms with van der Waals surface area (Å²) in [5, 5.41) is 13.7. The third-order valence-electron chi connectivity index (χ3n) is 8.89. The van der Waals surface area contributed by atoms with Gasteiger partial charge in [-0.1, -0.05) is 94.3 Å². The number of aliphatic hydroxyl groups excluding tert-OH is 1. The van der Waals surface area contributed by atoms with Gasteiger partial charge in [-0.05, 0) is 35.2 Å². The second-order valence-electron chi connectivity index (χ2n) is 12.7. The van der Waals surface area contributed by atoms with Crippen molar-refractivity contribution in [1.29, 1.82) is 0 Å². The molecule has 2 unspecified atom stereocenters. The summed E-state index contributed by atoms with van der Waals surface area (Å²) in [7, 11) is -1.26. The maximum Gasteiger partial charge on any atom is 0.330 e. The summed E-state index contributed by atoms with van der Waals surface area (Å²) in [6.45, 7) is 8.28. The molecule has 1 aliphatic carbocycles. The molecular weight excluding hydrogens is 564 g/mol. The minimum atomic E-state index is -2.92. The Balaban J connectivity index is 1.51. The third-order valence-corrected chi connectivity index (χ3v) is 13.9. The van der Waals surface area contributed by atoms with Gasteiger partial charge < -0.3 is 23.7 Å². The minimum Gasteiger partial charge on any atom is -0.405 e. The van der Waals surface area contributed by atoms with Gasteiger partial charge in [0.1, 0.15) is 18.3 Å². The average molecular weight is 609 g/mol. The van der Waals surface area contributed by atoms with Gasteiger partial charge in [0.2, 0.25) is 0 Å². The molecule has 2 aliphatic rings. The molecule has 5 rings (SSSR count). The molecule has 0 amide bonds. The number of hydrogen-bond donors (Lipinski definition) is 2. The maximum absolute atomic E-state index is 13.0. The summed E-state index contributed by atoms with van der Waals surface area (Å²) in [5.41, 5.74) is -0.728. The fourth-order valence-electron chi connectivity index (χ4n) is 6.66. The summed E-state index contributed by atoms with van der Waals surface area (Å²) in [5.74, 6) is 0. The van der Waals surface area contributed by atoms with Crippen LogP contribution >= 0.6 is 0 Å². The van der Waals surface area contributed by atoms with Gasteiger partial charge in [-0.25, -0.2) is 4.79 Å². The molecule has 6 atom stereocenters. The fraction of sp³-hybridized carbons (Fsp3) is 0.515. The largest absolute Gasteiger partial charge is 0.405 e. The van der Waals surface area contributed by atoms with E-state index in [1.807, 2.05) is 36.4 Å². The van der Waals surface area contributed by atoms with Gasteiger partial charge in [0.25, 0.3) is 13.9 Å². The Kier molecular flexibility index (Phi) is 9.55. The number of methoxy groups -OCH3 is 1. The van der Waals surface area contributed by atoms with Gasteiger partial charge in [-0.3, -0.25) is 14.3 Å². The molecule has 43 heavy (non-hydrogen) atoms. The number of ether oxygens (including phenoxy) is 3. The van der Waals surface area contributed by atoms with E-state index in [-0.39, 0.29) is 23.9 Å². The van der Waals surface area contributed by atoms with Crippen LogP contribution in [0, 0.1) is 6.92 Å². The number of aliphatic hydroxyl groups is 1. The van der Waals surface area contributed by atoms with E-state index in [1.165, 1.54) is 10.8 Å². The number of nitrogens with zero attached hydrogens (tertiary/aromatic N) is 1. The molecule has 10 heteroatoms. The standard InChI is InChI=1S/C33H44N2O7Si/c1-22-20-35(32(38)34-30(22)37)31-29(41-26-19-13-12-18-25(26)39-5)28(36)27(42-31)21-40-43(33(2,3)4,23-14-8-6-9-15-23)24-16-10-7-11-17-24/h6-11,14-17,20,25-29,31,36H,12-13,18-19,21H2,1-5H3,(H,34,37,38)/t25-,26-,27-,28?,29?,31-/m1/s1. The van der Waals surface area contributed by atoms with Crippen molar-refractivity contribution in [2.24, 2.45) is 0 Å². The summed E-state index contributed by atoms with van der Waals surface area (Å²) >= 11 is 0. The van der Waals surface area contributed by atoms with Crippen molar-refractivity contribution in [2.45, 2.75) is 95.2 Å². The first-order valence-corrected chi connectivity index (χ1v) is 17.1. The fourth-order valence-corrected chi connectivity index (χ4v) is 11.2. The highest BCUT2D eigenvalue weighted by Gasteiger charge is 2.53. The monoisotopic (exact) mass is 608 g/mol. The molecule has 2 N–H and O–H groups in total. The molecule has 3 aromatic rings. The number of aromatic amines is 1. The highest BCUT2D eigenvalue weighted by Crippen LogP contribution is 2.39. The van der Waals surface area contributed by atoms with E-state index in [0.29, 0.717) is 5.56 Å². The molecule has 1 saturated carbocycles. The van der Waals surface area contributed by atoms with Crippen LogP contribution in [-0.4, -0.2) is 67.2 Å². The molecule has 0 spiro atoms. The average Bonchev–Trinajstić information content (AvgIpc) is 3.30. The number of hydrogen-bond acceptors (Lipinski definition) is 7. The Labute approximate surface area is 253 Å². The lowest BCUT2D eigenvalue weighted by molar-refractivity contribution is -0.150. The third kappa shape index (κ3) is 6.22. The maximum atomic E-state index is 13.0.